The first-order valence-corrected chi connectivity index (χ1v) is 11.4. The van der Waals surface area contributed by atoms with E-state index in [4.69, 9.17) is 4.74 Å². The minimum Gasteiger partial charge on any atom is -0.496 e. The number of piperidine rings is 1. The molecule has 152 valence electrons. The molecule has 1 aliphatic heterocycles. The third kappa shape index (κ3) is 4.86. The van der Waals surface area contributed by atoms with Crippen LogP contribution in [0.5, 0.6) is 5.75 Å². The van der Waals surface area contributed by atoms with Crippen LogP contribution in [0.4, 0.5) is 5.69 Å². The monoisotopic (exact) mass is 402 g/mol. The van der Waals surface area contributed by atoms with Crippen molar-refractivity contribution in [1.82, 2.24) is 4.72 Å². The van der Waals surface area contributed by atoms with Crippen molar-refractivity contribution in [1.29, 1.82) is 0 Å². The standard InChI is InChI=1S/C22H30N2O3S/c1-17-15-21(16-18(2)22(17)27-3)28(25,26)23-12-11-19-7-9-20(10-8-19)24-13-5-4-6-14-24/h7-10,15-16,23H,4-6,11-14H2,1-3H3. The fourth-order valence-electron chi connectivity index (χ4n) is 3.83. The van der Waals surface area contributed by atoms with Crippen LogP contribution in [0.15, 0.2) is 41.3 Å². The summed E-state index contributed by atoms with van der Waals surface area (Å²) in [5, 5.41) is 0. The number of hydrogen-bond acceptors (Lipinski definition) is 4. The highest BCUT2D eigenvalue weighted by molar-refractivity contribution is 7.89. The zero-order valence-electron chi connectivity index (χ0n) is 17.0. The Kier molecular flexibility index (Phi) is 6.62. The van der Waals surface area contributed by atoms with Crippen molar-refractivity contribution in [2.75, 3.05) is 31.6 Å². The first-order valence-electron chi connectivity index (χ1n) is 9.89. The molecule has 1 aliphatic rings. The molecule has 0 aromatic heterocycles. The van der Waals surface area contributed by atoms with Crippen LogP contribution in [0.3, 0.4) is 0 Å². The first-order chi connectivity index (χ1) is 13.4. The van der Waals surface area contributed by atoms with Crippen molar-refractivity contribution in [3.63, 3.8) is 0 Å². The minimum atomic E-state index is -3.54. The quantitative estimate of drug-likeness (QED) is 0.765. The van der Waals surface area contributed by atoms with Gasteiger partial charge in [-0.3, -0.25) is 0 Å². The molecule has 1 N–H and O–H groups in total. The molecule has 28 heavy (non-hydrogen) atoms. The van der Waals surface area contributed by atoms with Gasteiger partial charge < -0.3 is 9.64 Å². The third-order valence-electron chi connectivity index (χ3n) is 5.31. The van der Waals surface area contributed by atoms with Gasteiger partial charge in [0.15, 0.2) is 0 Å². The van der Waals surface area contributed by atoms with Gasteiger partial charge in [-0.2, -0.15) is 0 Å². The van der Waals surface area contributed by atoms with Gasteiger partial charge in [-0.25, -0.2) is 13.1 Å². The highest BCUT2D eigenvalue weighted by atomic mass is 32.2. The molecule has 0 spiro atoms. The van der Waals surface area contributed by atoms with E-state index in [0.717, 1.165) is 35.5 Å². The number of nitrogens with one attached hydrogen (secondary N) is 1. The summed E-state index contributed by atoms with van der Waals surface area (Å²) in [7, 11) is -1.94. The van der Waals surface area contributed by atoms with Gasteiger partial charge in [0.1, 0.15) is 5.75 Å². The number of nitrogens with zero attached hydrogens (tertiary/aromatic N) is 1. The fraction of sp³-hybridized carbons (Fsp3) is 0.455. The van der Waals surface area contributed by atoms with Crippen molar-refractivity contribution < 1.29 is 13.2 Å². The van der Waals surface area contributed by atoms with E-state index in [-0.39, 0.29) is 4.90 Å². The average Bonchev–Trinajstić information content (AvgIpc) is 2.69. The molecule has 0 radical (unpaired) electrons. The van der Waals surface area contributed by atoms with Crippen LogP contribution >= 0.6 is 0 Å². The molecule has 3 rings (SSSR count). The second-order valence-corrected chi connectivity index (χ2v) is 9.22. The Morgan fingerprint density at radius 2 is 1.61 bits per heavy atom. The largest absolute Gasteiger partial charge is 0.496 e. The Morgan fingerprint density at radius 3 is 2.18 bits per heavy atom. The molecule has 5 nitrogen and oxygen atoms in total. The maximum atomic E-state index is 12.6. The Balaban J connectivity index is 1.59. The number of anilines is 1. The Labute approximate surface area is 168 Å². The molecule has 2 aromatic rings. The summed E-state index contributed by atoms with van der Waals surface area (Å²) in [6.07, 6.45) is 4.50. The molecule has 0 bridgehead atoms. The number of ether oxygens (including phenoxy) is 1. The predicted molar refractivity (Wildman–Crippen MR) is 114 cm³/mol. The van der Waals surface area contributed by atoms with Crippen LogP contribution in [-0.2, 0) is 16.4 Å². The van der Waals surface area contributed by atoms with Gasteiger partial charge in [0.25, 0.3) is 0 Å². The summed E-state index contributed by atoms with van der Waals surface area (Å²) in [6, 6.07) is 11.8. The van der Waals surface area contributed by atoms with E-state index in [1.807, 2.05) is 13.8 Å². The van der Waals surface area contributed by atoms with Crippen LogP contribution in [0.1, 0.15) is 36.0 Å². The SMILES string of the molecule is COc1c(C)cc(S(=O)(=O)NCCc2ccc(N3CCCCC3)cc2)cc1C. The maximum Gasteiger partial charge on any atom is 0.240 e. The van der Waals surface area contributed by atoms with Gasteiger partial charge in [0.05, 0.1) is 12.0 Å². The Morgan fingerprint density at radius 1 is 1.00 bits per heavy atom. The van der Waals surface area contributed by atoms with E-state index < -0.39 is 10.0 Å². The number of sulfonamides is 1. The lowest BCUT2D eigenvalue weighted by molar-refractivity contribution is 0.408. The predicted octanol–water partition coefficient (Wildman–Crippen LogP) is 3.82. The lowest BCUT2D eigenvalue weighted by Gasteiger charge is -2.28. The molecular weight excluding hydrogens is 372 g/mol. The molecule has 0 amide bonds. The molecule has 1 heterocycles. The zero-order valence-corrected chi connectivity index (χ0v) is 17.8. The van der Waals surface area contributed by atoms with Crippen molar-refractivity contribution in [2.24, 2.45) is 0 Å². The second-order valence-electron chi connectivity index (χ2n) is 7.45. The van der Waals surface area contributed by atoms with Gasteiger partial charge in [-0.15, -0.1) is 0 Å². The lowest BCUT2D eigenvalue weighted by Crippen LogP contribution is -2.29. The summed E-state index contributed by atoms with van der Waals surface area (Å²) in [6.45, 7) is 6.33. The first kappa shape index (κ1) is 20.7. The third-order valence-corrected chi connectivity index (χ3v) is 6.75. The highest BCUT2D eigenvalue weighted by Crippen LogP contribution is 2.26. The molecule has 6 heteroatoms. The molecule has 0 saturated carbocycles. The summed E-state index contributed by atoms with van der Waals surface area (Å²) in [5.41, 5.74) is 4.02. The van der Waals surface area contributed by atoms with Crippen LogP contribution in [-0.4, -0.2) is 35.2 Å². The van der Waals surface area contributed by atoms with Gasteiger partial charge in [0, 0.05) is 25.3 Å². The van der Waals surface area contributed by atoms with Gasteiger partial charge in [0.2, 0.25) is 10.0 Å². The van der Waals surface area contributed by atoms with Crippen molar-refractivity contribution in [3.05, 3.63) is 53.1 Å². The topological polar surface area (TPSA) is 58.6 Å². The molecule has 1 saturated heterocycles. The summed E-state index contributed by atoms with van der Waals surface area (Å²) in [4.78, 5) is 2.70. The summed E-state index contributed by atoms with van der Waals surface area (Å²) >= 11 is 0. The van der Waals surface area contributed by atoms with Gasteiger partial charge >= 0.3 is 0 Å². The normalized spacial score (nSPS) is 14.9. The molecule has 0 aliphatic carbocycles. The van der Waals surface area contributed by atoms with E-state index in [1.165, 1.54) is 24.9 Å². The smallest absolute Gasteiger partial charge is 0.240 e. The second kappa shape index (κ2) is 8.97. The maximum absolute atomic E-state index is 12.6. The van der Waals surface area contributed by atoms with Gasteiger partial charge in [-0.05, 0) is 80.5 Å². The van der Waals surface area contributed by atoms with E-state index in [9.17, 15) is 8.42 Å². The lowest BCUT2D eigenvalue weighted by atomic mass is 10.1. The van der Waals surface area contributed by atoms with E-state index in [0.29, 0.717) is 13.0 Å². The Bertz CT molecular complexity index is 879. The minimum absolute atomic E-state index is 0.281. The van der Waals surface area contributed by atoms with E-state index >= 15 is 0 Å². The number of rotatable bonds is 7. The summed E-state index contributed by atoms with van der Waals surface area (Å²) < 4.78 is 33.3. The van der Waals surface area contributed by atoms with Crippen molar-refractivity contribution in [3.8, 4) is 5.75 Å². The van der Waals surface area contributed by atoms with Crippen LogP contribution in [0, 0.1) is 13.8 Å². The highest BCUT2D eigenvalue weighted by Gasteiger charge is 2.17. The molecule has 0 unspecified atom stereocenters. The zero-order chi connectivity index (χ0) is 20.1. The number of aryl methyl sites for hydroxylation is 2. The van der Waals surface area contributed by atoms with Crippen molar-refractivity contribution >= 4 is 15.7 Å². The fourth-order valence-corrected chi connectivity index (χ4v) is 5.03. The van der Waals surface area contributed by atoms with Gasteiger partial charge in [-0.1, -0.05) is 12.1 Å². The summed E-state index contributed by atoms with van der Waals surface area (Å²) in [5.74, 6) is 0.729. The van der Waals surface area contributed by atoms with E-state index in [2.05, 4.69) is 33.9 Å². The number of hydrogen-bond donors (Lipinski definition) is 1. The van der Waals surface area contributed by atoms with Crippen LogP contribution in [0.25, 0.3) is 0 Å². The average molecular weight is 403 g/mol. The molecule has 1 fully saturated rings. The van der Waals surface area contributed by atoms with Crippen molar-refractivity contribution in [2.45, 2.75) is 44.4 Å². The van der Waals surface area contributed by atoms with Crippen LogP contribution < -0.4 is 14.4 Å². The van der Waals surface area contributed by atoms with E-state index in [1.54, 1.807) is 19.2 Å². The van der Waals surface area contributed by atoms with Crippen LogP contribution in [0.2, 0.25) is 0 Å². The molecule has 2 aromatic carbocycles. The molecule has 0 atom stereocenters. The molecular formula is C22H30N2O3S. The Hall–Kier alpha value is -2.05. The number of methoxy groups -OCH3 is 1. The number of benzene rings is 2.